The minimum atomic E-state index is -0.563. The number of carbonyl (C=O) groups excluding carboxylic acids is 2. The molecule has 0 aromatic heterocycles. The van der Waals surface area contributed by atoms with Gasteiger partial charge in [-0.05, 0) is 24.7 Å². The van der Waals surface area contributed by atoms with E-state index >= 15 is 0 Å². The number of rotatable bonds is 3. The molecule has 1 spiro atoms. The lowest BCUT2D eigenvalue weighted by molar-refractivity contribution is -0.150. The quantitative estimate of drug-likeness (QED) is 0.828. The van der Waals surface area contributed by atoms with Crippen molar-refractivity contribution in [2.24, 2.45) is 11.8 Å². The van der Waals surface area contributed by atoms with Gasteiger partial charge in [0.2, 0.25) is 11.8 Å². The van der Waals surface area contributed by atoms with Gasteiger partial charge < -0.3 is 10.2 Å². The maximum atomic E-state index is 12.6. The van der Waals surface area contributed by atoms with Gasteiger partial charge in [0.1, 0.15) is 5.54 Å². The van der Waals surface area contributed by atoms with Crippen molar-refractivity contribution in [3.05, 3.63) is 0 Å². The van der Waals surface area contributed by atoms with Crippen LogP contribution >= 0.6 is 0 Å². The summed E-state index contributed by atoms with van der Waals surface area (Å²) in [5.74, 6) is 1.11. The van der Waals surface area contributed by atoms with Crippen molar-refractivity contribution in [1.29, 1.82) is 0 Å². The summed E-state index contributed by atoms with van der Waals surface area (Å²) in [6.07, 6.45) is 3.70. The molecule has 2 fully saturated rings. The molecule has 2 amide bonds. The van der Waals surface area contributed by atoms with Gasteiger partial charge in [-0.15, -0.1) is 0 Å². The highest BCUT2D eigenvalue weighted by atomic mass is 16.2. The monoisotopic (exact) mass is 252 g/mol. The van der Waals surface area contributed by atoms with Crippen molar-refractivity contribution in [3.8, 4) is 0 Å². The zero-order chi connectivity index (χ0) is 13.3. The molecular formula is C14H24N2O2. The molecule has 0 radical (unpaired) electrons. The fraction of sp³-hybridized carbons (Fsp3) is 0.857. The van der Waals surface area contributed by atoms with E-state index in [-0.39, 0.29) is 18.4 Å². The van der Waals surface area contributed by atoms with Gasteiger partial charge in [0.15, 0.2) is 0 Å². The Balaban J connectivity index is 2.10. The van der Waals surface area contributed by atoms with Crippen LogP contribution in [0.25, 0.3) is 0 Å². The first-order chi connectivity index (χ1) is 8.44. The predicted molar refractivity (Wildman–Crippen MR) is 69.9 cm³/mol. The van der Waals surface area contributed by atoms with E-state index in [9.17, 15) is 9.59 Å². The van der Waals surface area contributed by atoms with Crippen LogP contribution in [0.5, 0.6) is 0 Å². The topological polar surface area (TPSA) is 49.4 Å². The highest BCUT2D eigenvalue weighted by Gasteiger charge is 2.48. The second-order valence-corrected chi connectivity index (χ2v) is 6.24. The lowest BCUT2D eigenvalue weighted by Gasteiger charge is -2.41. The highest BCUT2D eigenvalue weighted by Crippen LogP contribution is 2.33. The molecule has 1 saturated heterocycles. The number of hydrogen-bond acceptors (Lipinski definition) is 2. The average molecular weight is 252 g/mol. The third kappa shape index (κ3) is 2.38. The first-order valence-electron chi connectivity index (χ1n) is 7.05. The summed E-state index contributed by atoms with van der Waals surface area (Å²) >= 11 is 0. The number of carbonyl (C=O) groups is 2. The minimum absolute atomic E-state index is 0.00690. The van der Waals surface area contributed by atoms with Gasteiger partial charge in [0, 0.05) is 6.54 Å². The zero-order valence-electron chi connectivity index (χ0n) is 11.7. The van der Waals surface area contributed by atoms with Crippen LogP contribution in [0.3, 0.4) is 0 Å². The minimum Gasteiger partial charge on any atom is -0.340 e. The molecule has 18 heavy (non-hydrogen) atoms. The molecule has 1 saturated carbocycles. The Morgan fingerprint density at radius 3 is 2.39 bits per heavy atom. The van der Waals surface area contributed by atoms with E-state index in [0.717, 1.165) is 25.7 Å². The smallest absolute Gasteiger partial charge is 0.248 e. The van der Waals surface area contributed by atoms with Crippen molar-refractivity contribution in [3.63, 3.8) is 0 Å². The number of nitrogens with zero attached hydrogens (tertiary/aromatic N) is 1. The van der Waals surface area contributed by atoms with Crippen LogP contribution in [0.15, 0.2) is 0 Å². The van der Waals surface area contributed by atoms with Gasteiger partial charge in [-0.25, -0.2) is 0 Å². The van der Waals surface area contributed by atoms with Gasteiger partial charge in [0.25, 0.3) is 0 Å². The van der Waals surface area contributed by atoms with Gasteiger partial charge in [-0.2, -0.15) is 0 Å². The summed E-state index contributed by atoms with van der Waals surface area (Å²) in [6, 6.07) is 0. The van der Waals surface area contributed by atoms with Crippen molar-refractivity contribution in [1.82, 2.24) is 10.2 Å². The third-order valence-electron chi connectivity index (χ3n) is 4.51. The van der Waals surface area contributed by atoms with Gasteiger partial charge in [0.05, 0.1) is 6.54 Å². The van der Waals surface area contributed by atoms with Crippen LogP contribution in [0, 0.1) is 11.8 Å². The largest absolute Gasteiger partial charge is 0.340 e. The fourth-order valence-corrected chi connectivity index (χ4v) is 2.93. The van der Waals surface area contributed by atoms with E-state index in [2.05, 4.69) is 26.1 Å². The van der Waals surface area contributed by atoms with Gasteiger partial charge in [-0.3, -0.25) is 9.59 Å². The SMILES string of the molecule is CC(C)C(C)CN1CC(=O)NC2(CCCC2)C1=O. The lowest BCUT2D eigenvalue weighted by Crippen LogP contribution is -2.66. The van der Waals surface area contributed by atoms with E-state index in [4.69, 9.17) is 0 Å². The molecule has 0 aromatic rings. The van der Waals surface area contributed by atoms with Gasteiger partial charge >= 0.3 is 0 Å². The van der Waals surface area contributed by atoms with Crippen LogP contribution in [0.2, 0.25) is 0 Å². The van der Waals surface area contributed by atoms with Crippen LogP contribution in [0.4, 0.5) is 0 Å². The maximum absolute atomic E-state index is 12.6. The Morgan fingerprint density at radius 1 is 1.22 bits per heavy atom. The molecule has 0 aromatic carbocycles. The molecule has 2 aliphatic rings. The van der Waals surface area contributed by atoms with Crippen LogP contribution in [0.1, 0.15) is 46.5 Å². The van der Waals surface area contributed by atoms with E-state index in [1.54, 1.807) is 4.90 Å². The molecule has 2 rings (SSSR count). The standard InChI is InChI=1S/C14H24N2O2/c1-10(2)11(3)8-16-9-12(17)15-14(13(16)18)6-4-5-7-14/h10-11H,4-9H2,1-3H3,(H,15,17). The molecule has 1 aliphatic carbocycles. The Labute approximate surface area is 109 Å². The summed E-state index contributed by atoms with van der Waals surface area (Å²) in [4.78, 5) is 26.2. The Kier molecular flexibility index (Phi) is 3.64. The van der Waals surface area contributed by atoms with Crippen molar-refractivity contribution >= 4 is 11.8 Å². The molecule has 1 unspecified atom stereocenters. The first kappa shape index (κ1) is 13.4. The summed E-state index contributed by atoms with van der Waals surface area (Å²) in [7, 11) is 0. The molecule has 1 aliphatic heterocycles. The van der Waals surface area contributed by atoms with Crippen LogP contribution < -0.4 is 5.32 Å². The zero-order valence-corrected chi connectivity index (χ0v) is 11.7. The summed E-state index contributed by atoms with van der Waals surface area (Å²) in [6.45, 7) is 7.39. The maximum Gasteiger partial charge on any atom is 0.248 e. The second kappa shape index (κ2) is 4.90. The van der Waals surface area contributed by atoms with Crippen LogP contribution in [-0.4, -0.2) is 35.3 Å². The fourth-order valence-electron chi connectivity index (χ4n) is 2.93. The van der Waals surface area contributed by atoms with E-state index in [0.29, 0.717) is 18.4 Å². The molecule has 4 nitrogen and oxygen atoms in total. The molecule has 1 heterocycles. The highest BCUT2D eigenvalue weighted by molar-refractivity contribution is 5.98. The number of amides is 2. The Hall–Kier alpha value is -1.06. The second-order valence-electron chi connectivity index (χ2n) is 6.24. The number of hydrogen-bond donors (Lipinski definition) is 1. The number of nitrogens with one attached hydrogen (secondary N) is 1. The molecule has 1 N–H and O–H groups in total. The normalized spacial score (nSPS) is 24.8. The summed E-state index contributed by atoms with van der Waals surface area (Å²) in [5, 5.41) is 2.94. The van der Waals surface area contributed by atoms with E-state index in [1.807, 2.05) is 0 Å². The van der Waals surface area contributed by atoms with Crippen LogP contribution in [-0.2, 0) is 9.59 Å². The molecule has 4 heteroatoms. The lowest BCUT2D eigenvalue weighted by atomic mass is 9.91. The Morgan fingerprint density at radius 2 is 1.83 bits per heavy atom. The van der Waals surface area contributed by atoms with E-state index < -0.39 is 5.54 Å². The number of piperazine rings is 1. The average Bonchev–Trinajstić information content (AvgIpc) is 2.74. The molecule has 0 bridgehead atoms. The molecule has 1 atom stereocenters. The Bertz CT molecular complexity index is 346. The predicted octanol–water partition coefficient (Wildman–Crippen LogP) is 1.55. The molecular weight excluding hydrogens is 228 g/mol. The molecule has 102 valence electrons. The van der Waals surface area contributed by atoms with E-state index in [1.165, 1.54) is 0 Å². The van der Waals surface area contributed by atoms with Crippen molar-refractivity contribution < 1.29 is 9.59 Å². The first-order valence-corrected chi connectivity index (χ1v) is 7.05. The summed E-state index contributed by atoms with van der Waals surface area (Å²) < 4.78 is 0. The van der Waals surface area contributed by atoms with Crippen molar-refractivity contribution in [2.75, 3.05) is 13.1 Å². The summed E-state index contributed by atoms with van der Waals surface area (Å²) in [5.41, 5.74) is -0.563. The van der Waals surface area contributed by atoms with Gasteiger partial charge in [-0.1, -0.05) is 33.6 Å². The van der Waals surface area contributed by atoms with Crippen molar-refractivity contribution in [2.45, 2.75) is 52.0 Å². The third-order valence-corrected chi connectivity index (χ3v) is 4.51.